The Morgan fingerprint density at radius 3 is 2.75 bits per heavy atom. The molecule has 6 heteroatoms. The molecule has 12 heavy (non-hydrogen) atoms. The zero-order valence-electron chi connectivity index (χ0n) is 5.97. The van der Waals surface area contributed by atoms with Gasteiger partial charge in [-0.05, 0) is 16.0 Å². The Kier molecular flexibility index (Phi) is 2.20. The Morgan fingerprint density at radius 2 is 2.25 bits per heavy atom. The third kappa shape index (κ3) is 1.48. The lowest BCUT2D eigenvalue weighted by Gasteiger charge is -1.95. The van der Waals surface area contributed by atoms with Crippen molar-refractivity contribution in [3.63, 3.8) is 0 Å². The summed E-state index contributed by atoms with van der Waals surface area (Å²) in [6.45, 7) is -0.520. The Hall–Kier alpha value is -1.69. The molecule has 0 atom stereocenters. The molecule has 0 amide bonds. The fourth-order valence-corrected chi connectivity index (χ4v) is 0.701. The van der Waals surface area contributed by atoms with Crippen molar-refractivity contribution >= 4 is 5.82 Å². The number of rotatable bonds is 2. The van der Waals surface area contributed by atoms with Crippen LogP contribution in [0.2, 0.25) is 0 Å². The van der Waals surface area contributed by atoms with Gasteiger partial charge in [0.05, 0.1) is 0 Å². The van der Waals surface area contributed by atoms with Gasteiger partial charge in [0, 0.05) is 6.07 Å². The maximum atomic E-state index is 10.2. The van der Waals surface area contributed by atoms with Gasteiger partial charge in [-0.15, -0.1) is 0 Å². The summed E-state index contributed by atoms with van der Waals surface area (Å²) in [5.41, 5.74) is -0.0933. The minimum absolute atomic E-state index is 0.0933. The molecular weight excluding hydrogens is 164 g/mol. The fraction of sp³-hybridized carbons (Fsp3) is 0.167. The number of pyridine rings is 1. The molecule has 0 aliphatic heterocycles. The molecule has 64 valence electrons. The summed E-state index contributed by atoms with van der Waals surface area (Å²) in [5, 5.41) is 27.7. The van der Waals surface area contributed by atoms with E-state index in [9.17, 15) is 10.1 Å². The zero-order chi connectivity index (χ0) is 9.14. The number of hydrogen-bond donors (Lipinski definition) is 2. The SMILES string of the molecule is O=[N+]([O-])c1ccc(O)c(CO)n1. The molecule has 0 bridgehead atoms. The highest BCUT2D eigenvalue weighted by Gasteiger charge is 2.13. The van der Waals surface area contributed by atoms with Crippen LogP contribution in [-0.2, 0) is 6.61 Å². The van der Waals surface area contributed by atoms with Crippen molar-refractivity contribution in [3.8, 4) is 5.75 Å². The average molecular weight is 170 g/mol. The predicted molar refractivity (Wildman–Crippen MR) is 38.5 cm³/mol. The largest absolute Gasteiger partial charge is 0.504 e. The first kappa shape index (κ1) is 8.41. The highest BCUT2D eigenvalue weighted by molar-refractivity contribution is 5.32. The standard InChI is InChI=1S/C6H6N2O4/c9-3-4-5(10)1-2-6(7-4)8(11)12/h1-2,9-10H,3H2. The molecule has 1 aromatic heterocycles. The maximum absolute atomic E-state index is 10.2. The topological polar surface area (TPSA) is 96.5 Å². The molecule has 1 rings (SSSR count). The van der Waals surface area contributed by atoms with E-state index in [0.717, 1.165) is 12.1 Å². The molecule has 0 saturated heterocycles. The van der Waals surface area contributed by atoms with E-state index in [0.29, 0.717) is 0 Å². The molecule has 6 nitrogen and oxygen atoms in total. The van der Waals surface area contributed by atoms with Gasteiger partial charge in [-0.1, -0.05) is 0 Å². The van der Waals surface area contributed by atoms with Crippen molar-refractivity contribution in [1.82, 2.24) is 4.98 Å². The highest BCUT2D eigenvalue weighted by atomic mass is 16.6. The number of aromatic nitrogens is 1. The molecule has 0 radical (unpaired) electrons. The maximum Gasteiger partial charge on any atom is 0.364 e. The lowest BCUT2D eigenvalue weighted by molar-refractivity contribution is -0.389. The molecule has 0 unspecified atom stereocenters. The molecule has 0 aromatic carbocycles. The van der Waals surface area contributed by atoms with Crippen molar-refractivity contribution in [1.29, 1.82) is 0 Å². The normalized spacial score (nSPS) is 9.75. The smallest absolute Gasteiger partial charge is 0.364 e. The summed E-state index contributed by atoms with van der Waals surface area (Å²) in [6.07, 6.45) is 0. The van der Waals surface area contributed by atoms with Gasteiger partial charge >= 0.3 is 5.82 Å². The van der Waals surface area contributed by atoms with Crippen LogP contribution in [0.3, 0.4) is 0 Å². The van der Waals surface area contributed by atoms with Gasteiger partial charge in [0.25, 0.3) is 0 Å². The van der Waals surface area contributed by atoms with Crippen molar-refractivity contribution in [2.24, 2.45) is 0 Å². The number of nitrogens with zero attached hydrogens (tertiary/aromatic N) is 2. The van der Waals surface area contributed by atoms with Gasteiger partial charge in [-0.2, -0.15) is 0 Å². The lowest BCUT2D eigenvalue weighted by Crippen LogP contribution is -1.96. The quantitative estimate of drug-likeness (QED) is 0.487. The van der Waals surface area contributed by atoms with Crippen LogP contribution < -0.4 is 0 Å². The summed E-state index contributed by atoms with van der Waals surface area (Å²) >= 11 is 0. The molecule has 0 aliphatic carbocycles. The van der Waals surface area contributed by atoms with Gasteiger partial charge in [0.15, 0.2) is 5.75 Å². The summed E-state index contributed by atoms with van der Waals surface area (Å²) < 4.78 is 0. The third-order valence-corrected chi connectivity index (χ3v) is 1.27. The molecular formula is C6H6N2O4. The highest BCUT2D eigenvalue weighted by Crippen LogP contribution is 2.17. The second-order valence-electron chi connectivity index (χ2n) is 2.05. The Morgan fingerprint density at radius 1 is 1.58 bits per heavy atom. The minimum Gasteiger partial charge on any atom is -0.504 e. The van der Waals surface area contributed by atoms with Crippen LogP contribution in [0.25, 0.3) is 0 Å². The van der Waals surface area contributed by atoms with Gasteiger partial charge in [0.2, 0.25) is 5.69 Å². The van der Waals surface area contributed by atoms with Crippen LogP contribution in [0.5, 0.6) is 5.75 Å². The first-order valence-electron chi connectivity index (χ1n) is 3.09. The first-order valence-corrected chi connectivity index (χ1v) is 3.09. The molecule has 1 heterocycles. The van der Waals surface area contributed by atoms with Crippen LogP contribution in [0.1, 0.15) is 5.69 Å². The van der Waals surface area contributed by atoms with E-state index in [2.05, 4.69) is 4.98 Å². The van der Waals surface area contributed by atoms with E-state index < -0.39 is 17.3 Å². The number of aromatic hydroxyl groups is 1. The molecule has 0 aliphatic rings. The average Bonchev–Trinajstić information content (AvgIpc) is 2.05. The molecule has 0 spiro atoms. The van der Waals surface area contributed by atoms with Crippen LogP contribution in [0.15, 0.2) is 12.1 Å². The third-order valence-electron chi connectivity index (χ3n) is 1.27. The second-order valence-corrected chi connectivity index (χ2v) is 2.05. The van der Waals surface area contributed by atoms with E-state index in [-0.39, 0.29) is 11.4 Å². The lowest BCUT2D eigenvalue weighted by atomic mass is 10.3. The van der Waals surface area contributed by atoms with E-state index in [4.69, 9.17) is 10.2 Å². The Bertz CT molecular complexity index is 312. The van der Waals surface area contributed by atoms with Crippen molar-refractivity contribution in [2.75, 3.05) is 0 Å². The molecule has 1 aromatic rings. The van der Waals surface area contributed by atoms with Crippen molar-refractivity contribution in [3.05, 3.63) is 27.9 Å². The summed E-state index contributed by atoms with van der Waals surface area (Å²) in [7, 11) is 0. The summed E-state index contributed by atoms with van der Waals surface area (Å²) in [6, 6.07) is 2.19. The van der Waals surface area contributed by atoms with Crippen LogP contribution in [0, 0.1) is 10.1 Å². The summed E-state index contributed by atoms with van der Waals surface area (Å²) in [4.78, 5) is 12.9. The van der Waals surface area contributed by atoms with Gasteiger partial charge in [-0.25, -0.2) is 0 Å². The van der Waals surface area contributed by atoms with E-state index in [1.807, 2.05) is 0 Å². The number of aliphatic hydroxyl groups excluding tert-OH is 1. The van der Waals surface area contributed by atoms with Crippen molar-refractivity contribution in [2.45, 2.75) is 6.61 Å². The van der Waals surface area contributed by atoms with Crippen LogP contribution >= 0.6 is 0 Å². The minimum atomic E-state index is -0.696. The van der Waals surface area contributed by atoms with Crippen LogP contribution in [0.4, 0.5) is 5.82 Å². The number of hydrogen-bond acceptors (Lipinski definition) is 5. The summed E-state index contributed by atoms with van der Waals surface area (Å²) in [5.74, 6) is -0.639. The van der Waals surface area contributed by atoms with E-state index >= 15 is 0 Å². The van der Waals surface area contributed by atoms with Crippen LogP contribution in [-0.4, -0.2) is 20.1 Å². The van der Waals surface area contributed by atoms with E-state index in [1.165, 1.54) is 0 Å². The monoisotopic (exact) mass is 170 g/mol. The predicted octanol–water partition coefficient (Wildman–Crippen LogP) is 0.188. The van der Waals surface area contributed by atoms with Gasteiger partial charge in [0.1, 0.15) is 6.61 Å². The second kappa shape index (κ2) is 3.14. The molecule has 2 N–H and O–H groups in total. The van der Waals surface area contributed by atoms with Crippen molar-refractivity contribution < 1.29 is 15.1 Å². The molecule has 0 saturated carbocycles. The number of aliphatic hydroxyl groups is 1. The van der Waals surface area contributed by atoms with E-state index in [1.54, 1.807) is 0 Å². The Balaban J connectivity index is 3.13. The van der Waals surface area contributed by atoms with Gasteiger partial charge in [-0.3, -0.25) is 0 Å². The zero-order valence-corrected chi connectivity index (χ0v) is 5.97. The fourth-order valence-electron chi connectivity index (χ4n) is 0.701. The van der Waals surface area contributed by atoms with Gasteiger partial charge < -0.3 is 20.3 Å². The number of nitro groups is 1. The first-order chi connectivity index (χ1) is 5.65. The Labute approximate surface area is 67.3 Å². The molecule has 0 fully saturated rings.